The second kappa shape index (κ2) is 11.5. The fourth-order valence-electron chi connectivity index (χ4n) is 4.55. The molecule has 200 valence electrons. The van der Waals surface area contributed by atoms with E-state index in [1.807, 2.05) is 39.0 Å². The van der Waals surface area contributed by atoms with Crippen LogP contribution in [-0.2, 0) is 43.4 Å². The van der Waals surface area contributed by atoms with Crippen LogP contribution >= 0.6 is 0 Å². The van der Waals surface area contributed by atoms with Gasteiger partial charge in [0.25, 0.3) is 0 Å². The van der Waals surface area contributed by atoms with Gasteiger partial charge >= 0.3 is 0 Å². The van der Waals surface area contributed by atoms with Crippen LogP contribution in [0.2, 0.25) is 0 Å². The van der Waals surface area contributed by atoms with Crippen molar-refractivity contribution in [1.82, 2.24) is 13.9 Å². The zero-order chi connectivity index (χ0) is 26.6. The monoisotopic (exact) mass is 545 g/mol. The van der Waals surface area contributed by atoms with E-state index in [0.29, 0.717) is 18.8 Å². The molecule has 1 aliphatic rings. The highest BCUT2D eigenvalue weighted by molar-refractivity contribution is 7.90. The Bertz CT molecular complexity index is 1410. The van der Waals surface area contributed by atoms with Gasteiger partial charge in [0.1, 0.15) is 0 Å². The van der Waals surface area contributed by atoms with Crippen molar-refractivity contribution in [2.45, 2.75) is 68.6 Å². The molecule has 10 heteroatoms. The molecule has 2 heterocycles. The highest BCUT2D eigenvalue weighted by Gasteiger charge is 2.32. The Morgan fingerprint density at radius 2 is 1.76 bits per heavy atom. The average Bonchev–Trinajstić information content (AvgIpc) is 3.51. The first-order chi connectivity index (χ1) is 17.6. The minimum Gasteiger partial charge on any atom is -0.377 e. The maximum Gasteiger partial charge on any atom is 0.243 e. The van der Waals surface area contributed by atoms with Crippen LogP contribution in [0.3, 0.4) is 0 Å². The predicted octanol–water partition coefficient (Wildman–Crippen LogP) is 4.19. The summed E-state index contributed by atoms with van der Waals surface area (Å²) in [6.07, 6.45) is 2.96. The summed E-state index contributed by atoms with van der Waals surface area (Å²) in [5.74, 6) is -0.0476. The van der Waals surface area contributed by atoms with Crippen molar-refractivity contribution in [2.75, 3.05) is 13.2 Å². The van der Waals surface area contributed by atoms with Crippen molar-refractivity contribution in [3.8, 4) is 0 Å². The van der Waals surface area contributed by atoms with Crippen molar-refractivity contribution < 1.29 is 21.6 Å². The Kier molecular flexibility index (Phi) is 8.52. The van der Waals surface area contributed by atoms with Crippen LogP contribution in [0, 0.1) is 12.8 Å². The molecule has 3 aromatic rings. The summed E-state index contributed by atoms with van der Waals surface area (Å²) in [6, 6.07) is 15.7. The number of hydrogen-bond acceptors (Lipinski definition) is 6. The molecule has 0 amide bonds. The number of nitrogens with zero attached hydrogens (tertiary/aromatic N) is 3. The first-order valence-electron chi connectivity index (χ1n) is 12.6. The lowest BCUT2D eigenvalue weighted by atomic mass is 10.1. The summed E-state index contributed by atoms with van der Waals surface area (Å²) >= 11 is 0. The number of sulfonamides is 1. The number of ether oxygens (including phenoxy) is 1. The van der Waals surface area contributed by atoms with Crippen LogP contribution in [0.5, 0.6) is 0 Å². The SMILES string of the molecule is Cc1ccccc1CS(=O)(=O)c1ncc(CN(C[C@H]2CCCO2)S(=O)(=O)c2ccccc2)n1CC(C)C. The average molecular weight is 546 g/mol. The molecule has 0 bridgehead atoms. The molecule has 4 rings (SSSR count). The number of imidazole rings is 1. The molecule has 1 aliphatic heterocycles. The van der Waals surface area contributed by atoms with Crippen LogP contribution < -0.4 is 0 Å². The van der Waals surface area contributed by atoms with E-state index in [0.717, 1.165) is 24.0 Å². The van der Waals surface area contributed by atoms with Gasteiger partial charge in [0, 0.05) is 19.7 Å². The summed E-state index contributed by atoms with van der Waals surface area (Å²) in [5.41, 5.74) is 2.15. The van der Waals surface area contributed by atoms with Gasteiger partial charge in [-0.3, -0.25) is 0 Å². The smallest absolute Gasteiger partial charge is 0.243 e. The predicted molar refractivity (Wildman–Crippen MR) is 142 cm³/mol. The molecule has 0 unspecified atom stereocenters. The number of sulfone groups is 1. The van der Waals surface area contributed by atoms with Crippen molar-refractivity contribution >= 4 is 19.9 Å². The maximum absolute atomic E-state index is 13.7. The highest BCUT2D eigenvalue weighted by atomic mass is 32.2. The van der Waals surface area contributed by atoms with Gasteiger partial charge in [-0.2, -0.15) is 4.31 Å². The third kappa shape index (κ3) is 6.49. The van der Waals surface area contributed by atoms with E-state index in [2.05, 4.69) is 4.98 Å². The maximum atomic E-state index is 13.7. The Balaban J connectivity index is 1.71. The number of aryl methyl sites for hydroxylation is 1. The third-order valence-corrected chi connectivity index (χ3v) is 9.88. The molecule has 1 saturated heterocycles. The molecule has 8 nitrogen and oxygen atoms in total. The lowest BCUT2D eigenvalue weighted by Crippen LogP contribution is -2.37. The van der Waals surface area contributed by atoms with E-state index in [1.54, 1.807) is 41.0 Å². The normalized spacial score (nSPS) is 16.6. The molecule has 0 saturated carbocycles. The Labute approximate surface area is 220 Å². The standard InChI is InChI=1S/C27H35N3O5S2/c1-21(2)17-30-24(16-28-27(30)36(31,32)20-23-11-8-7-10-22(23)3)18-29(19-25-12-9-15-35-25)37(33,34)26-13-5-4-6-14-26/h4-8,10-11,13-14,16,21,25H,9,12,15,17-20H2,1-3H3/t25-/m1/s1. The van der Waals surface area contributed by atoms with Crippen LogP contribution in [-0.4, -0.2) is 49.9 Å². The largest absolute Gasteiger partial charge is 0.377 e. The molecule has 1 fully saturated rings. The quantitative estimate of drug-likeness (QED) is 0.358. The van der Waals surface area contributed by atoms with Crippen molar-refractivity contribution in [3.05, 3.63) is 77.6 Å². The molecule has 0 N–H and O–H groups in total. The lowest BCUT2D eigenvalue weighted by molar-refractivity contribution is 0.0921. The molecule has 37 heavy (non-hydrogen) atoms. The van der Waals surface area contributed by atoms with Crippen molar-refractivity contribution in [3.63, 3.8) is 0 Å². The number of rotatable bonds is 11. The molecular formula is C27H35N3O5S2. The summed E-state index contributed by atoms with van der Waals surface area (Å²) < 4.78 is 63.2. The summed E-state index contributed by atoms with van der Waals surface area (Å²) in [4.78, 5) is 4.52. The topological polar surface area (TPSA) is 98.6 Å². The molecule has 0 aliphatic carbocycles. The first-order valence-corrected chi connectivity index (χ1v) is 15.7. The Morgan fingerprint density at radius 3 is 2.41 bits per heavy atom. The van der Waals surface area contributed by atoms with Crippen molar-refractivity contribution in [2.24, 2.45) is 5.92 Å². The summed E-state index contributed by atoms with van der Waals surface area (Å²) in [6.45, 7) is 7.06. The van der Waals surface area contributed by atoms with Gasteiger partial charge in [0.15, 0.2) is 0 Å². The van der Waals surface area contributed by atoms with Gasteiger partial charge in [-0.25, -0.2) is 21.8 Å². The van der Waals surface area contributed by atoms with Crippen molar-refractivity contribution in [1.29, 1.82) is 0 Å². The zero-order valence-electron chi connectivity index (χ0n) is 21.6. The molecule has 0 radical (unpaired) electrons. The molecule has 1 aromatic heterocycles. The molecular weight excluding hydrogens is 510 g/mol. The minimum absolute atomic E-state index is 0.00328. The van der Waals surface area contributed by atoms with Gasteiger partial charge in [-0.05, 0) is 48.9 Å². The summed E-state index contributed by atoms with van der Waals surface area (Å²) in [7, 11) is -7.63. The lowest BCUT2D eigenvalue weighted by Gasteiger charge is -2.26. The van der Waals surface area contributed by atoms with Gasteiger partial charge in [-0.1, -0.05) is 56.3 Å². The molecule has 0 spiro atoms. The van der Waals surface area contributed by atoms with E-state index >= 15 is 0 Å². The van der Waals surface area contributed by atoms with E-state index in [-0.39, 0.29) is 40.9 Å². The van der Waals surface area contributed by atoms with E-state index < -0.39 is 19.9 Å². The fraction of sp³-hybridized carbons (Fsp3) is 0.444. The van der Waals surface area contributed by atoms with E-state index in [1.165, 1.54) is 10.5 Å². The molecule has 2 aromatic carbocycles. The Hall–Kier alpha value is -2.53. The van der Waals surface area contributed by atoms with Crippen LogP contribution in [0.25, 0.3) is 0 Å². The number of benzene rings is 2. The molecule has 1 atom stereocenters. The van der Waals surface area contributed by atoms with Gasteiger partial charge in [-0.15, -0.1) is 0 Å². The minimum atomic E-state index is -3.85. The number of hydrogen-bond donors (Lipinski definition) is 0. The van der Waals surface area contributed by atoms with Crippen LogP contribution in [0.15, 0.2) is 70.8 Å². The third-order valence-electron chi connectivity index (χ3n) is 6.48. The van der Waals surface area contributed by atoms with Crippen LogP contribution in [0.1, 0.15) is 43.5 Å². The highest BCUT2D eigenvalue weighted by Crippen LogP contribution is 2.25. The van der Waals surface area contributed by atoms with Gasteiger partial charge < -0.3 is 9.30 Å². The van der Waals surface area contributed by atoms with Crippen LogP contribution in [0.4, 0.5) is 0 Å². The zero-order valence-corrected chi connectivity index (χ0v) is 23.2. The first kappa shape index (κ1) is 27.5. The van der Waals surface area contributed by atoms with Gasteiger partial charge in [0.05, 0.1) is 35.2 Å². The second-order valence-corrected chi connectivity index (χ2v) is 13.8. The number of aromatic nitrogens is 2. The Morgan fingerprint density at radius 1 is 1.05 bits per heavy atom. The fourth-order valence-corrected chi connectivity index (χ4v) is 7.62. The van der Waals surface area contributed by atoms with E-state index in [4.69, 9.17) is 4.74 Å². The second-order valence-electron chi connectivity index (χ2n) is 9.97. The van der Waals surface area contributed by atoms with E-state index in [9.17, 15) is 16.8 Å². The summed E-state index contributed by atoms with van der Waals surface area (Å²) in [5, 5.41) is -0.0337. The van der Waals surface area contributed by atoms with Gasteiger partial charge in [0.2, 0.25) is 25.0 Å².